The minimum Gasteiger partial charge on any atom is -0.384 e. The van der Waals surface area contributed by atoms with Gasteiger partial charge in [0.25, 0.3) is 5.69 Å². The van der Waals surface area contributed by atoms with Crippen molar-refractivity contribution in [3.05, 3.63) is 33.9 Å². The zero-order valence-corrected chi connectivity index (χ0v) is 15.9. The molecule has 0 aliphatic carbocycles. The molecule has 2 rings (SSSR count). The Hall–Kier alpha value is -1.26. The first kappa shape index (κ1) is 21.8. The zero-order chi connectivity index (χ0) is 17.8. The van der Waals surface area contributed by atoms with Gasteiger partial charge in [-0.15, -0.1) is 12.4 Å². The van der Waals surface area contributed by atoms with Gasteiger partial charge >= 0.3 is 0 Å². The molecule has 1 aliphatic heterocycles. The minimum absolute atomic E-state index is 0. The Balaban J connectivity index is 0.00000312. The van der Waals surface area contributed by atoms with E-state index in [-0.39, 0.29) is 29.3 Å². The molecule has 0 amide bonds. The number of halogens is 1. The molecule has 1 aliphatic rings. The third-order valence-corrected chi connectivity index (χ3v) is 5.80. The SMILES string of the molecule is COCC1(CNS(=O)(=O)c2ccc(C)cc2[N+](=O)[O-])CCNCC1.Cl. The van der Waals surface area contributed by atoms with Gasteiger partial charge in [0.15, 0.2) is 4.90 Å². The van der Waals surface area contributed by atoms with Crippen molar-refractivity contribution in [1.82, 2.24) is 10.0 Å². The average molecular weight is 394 g/mol. The van der Waals surface area contributed by atoms with Crippen molar-refractivity contribution in [2.75, 3.05) is 33.4 Å². The average Bonchev–Trinajstić information content (AvgIpc) is 2.54. The fourth-order valence-electron chi connectivity index (χ4n) is 2.96. The predicted octanol–water partition coefficient (Wildman–Crippen LogP) is 1.62. The van der Waals surface area contributed by atoms with Crippen LogP contribution in [-0.2, 0) is 14.8 Å². The van der Waals surface area contributed by atoms with Crippen LogP contribution in [0.15, 0.2) is 23.1 Å². The van der Waals surface area contributed by atoms with Crippen molar-refractivity contribution in [2.45, 2.75) is 24.7 Å². The maximum Gasteiger partial charge on any atom is 0.289 e. The van der Waals surface area contributed by atoms with Crippen LogP contribution in [0.3, 0.4) is 0 Å². The van der Waals surface area contributed by atoms with E-state index in [9.17, 15) is 18.5 Å². The molecule has 2 N–H and O–H groups in total. The molecular weight excluding hydrogens is 370 g/mol. The van der Waals surface area contributed by atoms with Crippen LogP contribution in [-0.4, -0.2) is 46.7 Å². The van der Waals surface area contributed by atoms with Gasteiger partial charge in [-0.25, -0.2) is 13.1 Å². The van der Waals surface area contributed by atoms with Gasteiger partial charge in [0, 0.05) is 25.1 Å². The number of methoxy groups -OCH3 is 1. The van der Waals surface area contributed by atoms with E-state index >= 15 is 0 Å². The molecule has 1 aromatic rings. The van der Waals surface area contributed by atoms with Gasteiger partial charge in [-0.05, 0) is 44.5 Å². The Morgan fingerprint density at radius 1 is 1.36 bits per heavy atom. The number of sulfonamides is 1. The quantitative estimate of drug-likeness (QED) is 0.538. The summed E-state index contributed by atoms with van der Waals surface area (Å²) in [5.41, 5.74) is -0.0736. The molecule has 0 atom stereocenters. The van der Waals surface area contributed by atoms with Gasteiger partial charge in [-0.1, -0.05) is 6.07 Å². The second-order valence-corrected chi connectivity index (χ2v) is 7.97. The molecule has 25 heavy (non-hydrogen) atoms. The van der Waals surface area contributed by atoms with Crippen LogP contribution in [0.25, 0.3) is 0 Å². The summed E-state index contributed by atoms with van der Waals surface area (Å²) in [4.78, 5) is 10.2. The summed E-state index contributed by atoms with van der Waals surface area (Å²) in [5, 5.41) is 14.4. The summed E-state index contributed by atoms with van der Waals surface area (Å²) in [6, 6.07) is 4.10. The fourth-order valence-corrected chi connectivity index (χ4v) is 4.27. The Morgan fingerprint density at radius 2 is 2.00 bits per heavy atom. The highest BCUT2D eigenvalue weighted by atomic mass is 35.5. The van der Waals surface area contributed by atoms with E-state index in [0.29, 0.717) is 12.2 Å². The summed E-state index contributed by atoms with van der Waals surface area (Å²) in [6.45, 7) is 3.88. The second kappa shape index (κ2) is 8.91. The van der Waals surface area contributed by atoms with E-state index in [1.165, 1.54) is 12.1 Å². The minimum atomic E-state index is -3.98. The number of nitrogens with one attached hydrogen (secondary N) is 2. The van der Waals surface area contributed by atoms with Crippen molar-refractivity contribution in [3.8, 4) is 0 Å². The van der Waals surface area contributed by atoms with Crippen LogP contribution in [0.2, 0.25) is 0 Å². The van der Waals surface area contributed by atoms with Crippen LogP contribution >= 0.6 is 12.4 Å². The first-order chi connectivity index (χ1) is 11.3. The lowest BCUT2D eigenvalue weighted by atomic mass is 9.80. The fraction of sp³-hybridized carbons (Fsp3) is 0.600. The van der Waals surface area contributed by atoms with Crippen molar-refractivity contribution in [1.29, 1.82) is 0 Å². The molecule has 0 bridgehead atoms. The van der Waals surface area contributed by atoms with E-state index < -0.39 is 20.6 Å². The number of rotatable bonds is 7. The standard InChI is InChI=1S/C15H23N3O5S.ClH/c1-12-3-4-14(13(9-12)18(19)20)24(21,22)17-10-15(11-23-2)5-7-16-8-6-15;/h3-4,9,16-17H,5-8,10-11H2,1-2H3;1H. The molecule has 10 heteroatoms. The molecule has 142 valence electrons. The van der Waals surface area contributed by atoms with Gasteiger partial charge in [-0.3, -0.25) is 10.1 Å². The highest BCUT2D eigenvalue weighted by molar-refractivity contribution is 7.89. The molecule has 1 saturated heterocycles. The molecular formula is C15H24ClN3O5S. The Morgan fingerprint density at radius 3 is 2.56 bits per heavy atom. The summed E-state index contributed by atoms with van der Waals surface area (Å²) in [5.74, 6) is 0. The van der Waals surface area contributed by atoms with Crippen LogP contribution in [0.4, 0.5) is 5.69 Å². The monoisotopic (exact) mass is 393 g/mol. The summed E-state index contributed by atoms with van der Waals surface area (Å²) in [7, 11) is -2.39. The molecule has 0 spiro atoms. The van der Waals surface area contributed by atoms with E-state index in [4.69, 9.17) is 4.74 Å². The highest BCUT2D eigenvalue weighted by Gasteiger charge is 2.35. The lowest BCUT2D eigenvalue weighted by molar-refractivity contribution is -0.387. The predicted molar refractivity (Wildman–Crippen MR) is 96.7 cm³/mol. The smallest absolute Gasteiger partial charge is 0.289 e. The third kappa shape index (κ3) is 5.35. The van der Waals surface area contributed by atoms with Crippen molar-refractivity contribution in [3.63, 3.8) is 0 Å². The lowest BCUT2D eigenvalue weighted by Crippen LogP contribution is -2.47. The van der Waals surface area contributed by atoms with E-state index in [1.54, 1.807) is 20.1 Å². The van der Waals surface area contributed by atoms with Crippen LogP contribution < -0.4 is 10.0 Å². The highest BCUT2D eigenvalue weighted by Crippen LogP contribution is 2.30. The molecule has 1 heterocycles. The number of aryl methyl sites for hydroxylation is 1. The van der Waals surface area contributed by atoms with E-state index in [2.05, 4.69) is 10.0 Å². The Bertz CT molecular complexity index is 700. The Labute approximate surface area is 153 Å². The number of hydrogen-bond donors (Lipinski definition) is 2. The van der Waals surface area contributed by atoms with Gasteiger partial charge in [-0.2, -0.15) is 0 Å². The molecule has 0 aromatic heterocycles. The first-order valence-corrected chi connectivity index (χ1v) is 9.22. The second-order valence-electron chi connectivity index (χ2n) is 6.24. The van der Waals surface area contributed by atoms with Crippen molar-refractivity contribution >= 4 is 28.1 Å². The largest absolute Gasteiger partial charge is 0.384 e. The van der Waals surface area contributed by atoms with E-state index in [0.717, 1.165) is 25.9 Å². The van der Waals surface area contributed by atoms with Crippen LogP contribution in [0.1, 0.15) is 18.4 Å². The van der Waals surface area contributed by atoms with Gasteiger partial charge in [0.2, 0.25) is 10.0 Å². The molecule has 0 saturated carbocycles. The van der Waals surface area contributed by atoms with E-state index in [1.807, 2.05) is 0 Å². The topological polar surface area (TPSA) is 111 Å². The summed E-state index contributed by atoms with van der Waals surface area (Å²) >= 11 is 0. The van der Waals surface area contributed by atoms with Crippen molar-refractivity contribution < 1.29 is 18.1 Å². The molecule has 0 unspecified atom stereocenters. The van der Waals surface area contributed by atoms with Crippen LogP contribution in [0, 0.1) is 22.5 Å². The normalized spacial score (nSPS) is 16.9. The molecule has 1 aromatic carbocycles. The summed E-state index contributed by atoms with van der Waals surface area (Å²) in [6.07, 6.45) is 1.55. The third-order valence-electron chi connectivity index (χ3n) is 4.35. The molecule has 1 fully saturated rings. The number of nitro groups is 1. The van der Waals surface area contributed by atoms with Crippen LogP contribution in [0.5, 0.6) is 0 Å². The maximum absolute atomic E-state index is 12.6. The summed E-state index contributed by atoms with van der Waals surface area (Å²) < 4.78 is 33.0. The lowest BCUT2D eigenvalue weighted by Gasteiger charge is -2.37. The van der Waals surface area contributed by atoms with Crippen molar-refractivity contribution in [2.24, 2.45) is 5.41 Å². The first-order valence-electron chi connectivity index (χ1n) is 7.74. The maximum atomic E-state index is 12.6. The molecule has 8 nitrogen and oxygen atoms in total. The number of benzene rings is 1. The molecule has 0 radical (unpaired) electrons. The Kier molecular flexibility index (Phi) is 7.76. The van der Waals surface area contributed by atoms with Gasteiger partial charge < -0.3 is 10.1 Å². The van der Waals surface area contributed by atoms with Gasteiger partial charge in [0.05, 0.1) is 11.5 Å². The number of nitrogens with zero attached hydrogens (tertiary/aromatic N) is 1. The zero-order valence-electron chi connectivity index (χ0n) is 14.3. The number of hydrogen-bond acceptors (Lipinski definition) is 6. The van der Waals surface area contributed by atoms with Gasteiger partial charge in [0.1, 0.15) is 0 Å². The number of nitro benzene ring substituents is 1. The number of ether oxygens (including phenoxy) is 1. The number of piperidine rings is 1.